The summed E-state index contributed by atoms with van der Waals surface area (Å²) in [5.41, 5.74) is 1.54. The van der Waals surface area contributed by atoms with Crippen molar-refractivity contribution in [1.82, 2.24) is 9.80 Å². The quantitative estimate of drug-likeness (QED) is 0.280. The van der Waals surface area contributed by atoms with E-state index in [1.165, 1.54) is 19.0 Å². The minimum atomic E-state index is -2.96. The molecular weight excluding hydrogens is 534 g/mol. The van der Waals surface area contributed by atoms with Gasteiger partial charge in [0, 0.05) is 11.5 Å². The minimum Gasteiger partial charge on any atom is -0.508 e. The molecule has 1 fully saturated rings. The Balaban J connectivity index is 1.73. The van der Waals surface area contributed by atoms with Gasteiger partial charge in [-0.3, -0.25) is 19.3 Å². The molecule has 0 unspecified atom stereocenters. The van der Waals surface area contributed by atoms with Gasteiger partial charge in [-0.2, -0.15) is 0 Å². The molecule has 0 spiro atoms. The van der Waals surface area contributed by atoms with Gasteiger partial charge in [-0.15, -0.1) is 0 Å². The van der Waals surface area contributed by atoms with Gasteiger partial charge >= 0.3 is 0 Å². The lowest BCUT2D eigenvalue weighted by Crippen LogP contribution is -2.70. The van der Waals surface area contributed by atoms with Crippen LogP contribution in [0.25, 0.3) is 17.1 Å². The number of benzene rings is 1. The SMILES string of the molecule is C[C@H]1c2ccc(-c3ccc(CN(C)C)o3)c(O)c2C(O)=C2C(=O)[C@]3(O)C(O)=C(C(N)=O)C(=O)[C@@H](N(C)C)[C@@H]3[C@@H](O)[C@@H]21. The molecule has 0 radical (unpaired) electrons. The number of nitrogens with two attached hydrogens (primary N) is 1. The number of aromatic hydroxyl groups is 1. The largest absolute Gasteiger partial charge is 0.508 e. The average molecular weight is 568 g/mol. The van der Waals surface area contributed by atoms with E-state index in [-0.39, 0.29) is 16.9 Å². The van der Waals surface area contributed by atoms with Gasteiger partial charge in [0.05, 0.1) is 35.7 Å². The third-order valence-electron chi connectivity index (χ3n) is 8.53. The van der Waals surface area contributed by atoms with Gasteiger partial charge in [0.2, 0.25) is 5.78 Å². The number of fused-ring (bicyclic) bond motifs is 3. The van der Waals surface area contributed by atoms with Crippen molar-refractivity contribution in [1.29, 1.82) is 0 Å². The Morgan fingerprint density at radius 3 is 2.32 bits per heavy atom. The van der Waals surface area contributed by atoms with E-state index in [1.807, 2.05) is 19.0 Å². The fraction of sp³-hybridized carbons (Fsp3) is 0.414. The lowest BCUT2D eigenvalue weighted by molar-refractivity contribution is -0.169. The Kier molecular flexibility index (Phi) is 6.65. The Hall–Kier alpha value is -3.97. The summed E-state index contributed by atoms with van der Waals surface area (Å²) in [5, 5.41) is 57.3. The fourth-order valence-corrected chi connectivity index (χ4v) is 6.73. The predicted molar refractivity (Wildman–Crippen MR) is 145 cm³/mol. The van der Waals surface area contributed by atoms with Crippen molar-refractivity contribution in [2.45, 2.75) is 37.1 Å². The maximum Gasteiger partial charge on any atom is 0.255 e. The first kappa shape index (κ1) is 28.6. The third-order valence-corrected chi connectivity index (χ3v) is 8.53. The highest BCUT2D eigenvalue weighted by molar-refractivity contribution is 6.24. The zero-order valence-electron chi connectivity index (χ0n) is 23.2. The third kappa shape index (κ3) is 3.86. The second-order valence-electron chi connectivity index (χ2n) is 11.5. The van der Waals surface area contributed by atoms with Crippen molar-refractivity contribution in [3.8, 4) is 17.1 Å². The molecule has 3 aliphatic carbocycles. The van der Waals surface area contributed by atoms with Crippen LogP contribution in [0.5, 0.6) is 5.75 Å². The first-order valence-electron chi connectivity index (χ1n) is 13.1. The molecule has 3 aliphatic rings. The van der Waals surface area contributed by atoms with E-state index in [0.29, 0.717) is 23.6 Å². The van der Waals surface area contributed by atoms with E-state index in [0.717, 1.165) is 0 Å². The second-order valence-corrected chi connectivity index (χ2v) is 11.5. The van der Waals surface area contributed by atoms with Gasteiger partial charge in [0.25, 0.3) is 5.91 Å². The summed E-state index contributed by atoms with van der Waals surface area (Å²) < 4.78 is 5.87. The Labute approximate surface area is 235 Å². The number of Topliss-reactive ketones (excluding diaryl/α,β-unsaturated/α-hetero) is 2. The Morgan fingerprint density at radius 2 is 1.73 bits per heavy atom. The van der Waals surface area contributed by atoms with E-state index >= 15 is 0 Å². The molecule has 6 atom stereocenters. The molecule has 0 bridgehead atoms. The second kappa shape index (κ2) is 9.55. The van der Waals surface area contributed by atoms with Crippen LogP contribution in [0.2, 0.25) is 0 Å². The molecule has 218 valence electrons. The lowest BCUT2D eigenvalue weighted by Gasteiger charge is -2.53. The lowest BCUT2D eigenvalue weighted by atomic mass is 9.54. The van der Waals surface area contributed by atoms with Crippen LogP contribution < -0.4 is 5.73 Å². The molecule has 1 saturated carbocycles. The van der Waals surface area contributed by atoms with Gasteiger partial charge in [0.15, 0.2) is 11.4 Å². The van der Waals surface area contributed by atoms with Gasteiger partial charge < -0.3 is 40.6 Å². The van der Waals surface area contributed by atoms with Crippen molar-refractivity contribution < 1.29 is 44.3 Å². The van der Waals surface area contributed by atoms with Crippen molar-refractivity contribution in [3.05, 3.63) is 58.1 Å². The molecule has 12 heteroatoms. The molecule has 12 nitrogen and oxygen atoms in total. The van der Waals surface area contributed by atoms with E-state index in [9.17, 15) is 39.9 Å². The van der Waals surface area contributed by atoms with E-state index < -0.39 is 75.6 Å². The van der Waals surface area contributed by atoms with Crippen LogP contribution in [0.1, 0.15) is 29.7 Å². The number of amides is 1. The summed E-state index contributed by atoms with van der Waals surface area (Å²) in [4.78, 5) is 42.7. The number of aliphatic hydroxyl groups is 4. The molecule has 5 rings (SSSR count). The number of furan rings is 1. The van der Waals surface area contributed by atoms with Gasteiger partial charge in [-0.1, -0.05) is 13.0 Å². The number of likely N-dealkylation sites (N-methyl/N-ethyl adjacent to an activating group) is 1. The highest BCUT2D eigenvalue weighted by Crippen LogP contribution is 2.56. The number of carbonyl (C=O) groups is 3. The Morgan fingerprint density at radius 1 is 1.07 bits per heavy atom. The number of carbonyl (C=O) groups excluding carboxylic acids is 3. The molecule has 41 heavy (non-hydrogen) atoms. The molecule has 1 aromatic carbocycles. The number of hydrogen-bond donors (Lipinski definition) is 6. The first-order valence-corrected chi connectivity index (χ1v) is 13.1. The number of phenolic OH excluding ortho intramolecular Hbond substituents is 1. The topological polar surface area (TPSA) is 198 Å². The number of aliphatic hydroxyl groups excluding tert-OH is 3. The maximum atomic E-state index is 14.1. The smallest absolute Gasteiger partial charge is 0.255 e. The predicted octanol–water partition coefficient (Wildman–Crippen LogP) is 0.817. The highest BCUT2D eigenvalue weighted by Gasteiger charge is 2.68. The van der Waals surface area contributed by atoms with Crippen LogP contribution in [0, 0.1) is 11.8 Å². The monoisotopic (exact) mass is 567 g/mol. The van der Waals surface area contributed by atoms with Crippen LogP contribution in [0.15, 0.2) is 45.6 Å². The fourth-order valence-electron chi connectivity index (χ4n) is 6.73. The van der Waals surface area contributed by atoms with Crippen molar-refractivity contribution >= 4 is 23.2 Å². The molecule has 1 amide bonds. The Bertz CT molecular complexity index is 1550. The minimum absolute atomic E-state index is 0.0935. The van der Waals surface area contributed by atoms with Crippen LogP contribution >= 0.6 is 0 Å². The summed E-state index contributed by atoms with van der Waals surface area (Å²) in [7, 11) is 6.66. The standard InChI is InChI=1S/C29H33N3O9/c1-11-13-7-8-14(15-9-6-12(41-15)10-31(2)3)22(33)17(13)23(34)18-16(11)24(35)20-21(32(4)5)25(36)19(28(30)39)27(38)29(20,40)26(18)37/h6-9,11,16,20-21,24,33-35,38,40H,10H2,1-5H3,(H2,30,39)/t11-,16+,20+,21-,24-,29-/m0/s1. The number of hydrogen-bond acceptors (Lipinski definition) is 11. The zero-order valence-corrected chi connectivity index (χ0v) is 23.2. The summed E-state index contributed by atoms with van der Waals surface area (Å²) >= 11 is 0. The van der Waals surface area contributed by atoms with E-state index in [4.69, 9.17) is 10.2 Å². The average Bonchev–Trinajstić information content (AvgIpc) is 3.33. The summed E-state index contributed by atoms with van der Waals surface area (Å²) in [6, 6.07) is 5.26. The molecule has 7 N–H and O–H groups in total. The molecule has 1 aromatic heterocycles. The molecule has 2 aromatic rings. The zero-order chi connectivity index (χ0) is 30.3. The number of phenols is 1. The van der Waals surface area contributed by atoms with Crippen LogP contribution in [-0.2, 0) is 20.9 Å². The van der Waals surface area contributed by atoms with Crippen molar-refractivity contribution in [2.75, 3.05) is 28.2 Å². The summed E-state index contributed by atoms with van der Waals surface area (Å²) in [6.07, 6.45) is -1.65. The first-order chi connectivity index (χ1) is 19.1. The number of nitrogens with zero attached hydrogens (tertiary/aromatic N) is 2. The van der Waals surface area contributed by atoms with E-state index in [2.05, 4.69) is 0 Å². The number of ketones is 2. The van der Waals surface area contributed by atoms with Crippen LogP contribution in [0.4, 0.5) is 0 Å². The summed E-state index contributed by atoms with van der Waals surface area (Å²) in [6.45, 7) is 2.18. The van der Waals surface area contributed by atoms with Gasteiger partial charge in [-0.05, 0) is 57.9 Å². The normalized spacial score (nSPS) is 29.6. The number of primary amides is 1. The molecule has 1 heterocycles. The number of rotatable bonds is 5. The molecular formula is C29H33N3O9. The summed E-state index contributed by atoms with van der Waals surface area (Å²) in [5.74, 6) is -8.35. The maximum absolute atomic E-state index is 14.1. The highest BCUT2D eigenvalue weighted by atomic mass is 16.4. The molecule has 0 saturated heterocycles. The van der Waals surface area contributed by atoms with Crippen LogP contribution in [0.3, 0.4) is 0 Å². The molecule has 0 aliphatic heterocycles. The van der Waals surface area contributed by atoms with Crippen LogP contribution in [-0.4, -0.2) is 98.7 Å². The van der Waals surface area contributed by atoms with Crippen molar-refractivity contribution in [3.63, 3.8) is 0 Å². The van der Waals surface area contributed by atoms with Gasteiger partial charge in [-0.25, -0.2) is 0 Å². The van der Waals surface area contributed by atoms with Crippen molar-refractivity contribution in [2.24, 2.45) is 17.6 Å². The van der Waals surface area contributed by atoms with Gasteiger partial charge in [0.1, 0.15) is 34.4 Å². The van der Waals surface area contributed by atoms with E-state index in [1.54, 1.807) is 31.2 Å².